The number of benzene rings is 1. The standard InChI is InChI=1S/C14H14BrNO/c15-12-5-3-10(4-6-12)2-1-7-16-13(17)14-8-11(14)9-14/h1-6,11H,7-9H2,(H,16,17)/b2-1+. The predicted molar refractivity (Wildman–Crippen MR) is 71.3 cm³/mol. The highest BCUT2D eigenvalue weighted by molar-refractivity contribution is 9.10. The van der Waals surface area contributed by atoms with Crippen molar-refractivity contribution in [3.8, 4) is 0 Å². The normalized spacial score (nSPS) is 28.9. The molecule has 17 heavy (non-hydrogen) atoms. The maximum Gasteiger partial charge on any atom is 0.226 e. The van der Waals surface area contributed by atoms with Crippen LogP contribution in [0.5, 0.6) is 0 Å². The van der Waals surface area contributed by atoms with E-state index in [0.29, 0.717) is 6.54 Å². The highest BCUT2D eigenvalue weighted by Gasteiger charge is 2.74. The molecule has 2 nitrogen and oxygen atoms in total. The number of amides is 1. The SMILES string of the molecule is O=C(NC/C=C/c1ccc(Br)cc1)C12CC1C2. The average Bonchev–Trinajstić information content (AvgIpc) is 3.15. The number of fused-ring (bicyclic) bond motifs is 1. The van der Waals surface area contributed by atoms with Crippen molar-refractivity contribution in [1.82, 2.24) is 5.32 Å². The minimum atomic E-state index is 0.0887. The van der Waals surface area contributed by atoms with Gasteiger partial charge in [0.1, 0.15) is 0 Å². The summed E-state index contributed by atoms with van der Waals surface area (Å²) in [5.41, 5.74) is 1.24. The van der Waals surface area contributed by atoms with E-state index >= 15 is 0 Å². The zero-order chi connectivity index (χ0) is 11.9. The van der Waals surface area contributed by atoms with Gasteiger partial charge in [0.25, 0.3) is 0 Å². The van der Waals surface area contributed by atoms with E-state index in [-0.39, 0.29) is 11.3 Å². The summed E-state index contributed by atoms with van der Waals surface area (Å²) in [6.07, 6.45) is 6.27. The van der Waals surface area contributed by atoms with Crippen LogP contribution in [-0.4, -0.2) is 12.5 Å². The summed E-state index contributed by atoms with van der Waals surface area (Å²) in [4.78, 5) is 11.7. The van der Waals surface area contributed by atoms with E-state index in [1.807, 2.05) is 36.4 Å². The molecule has 2 aliphatic carbocycles. The molecule has 0 atom stereocenters. The van der Waals surface area contributed by atoms with Crippen LogP contribution in [-0.2, 0) is 4.79 Å². The van der Waals surface area contributed by atoms with E-state index in [4.69, 9.17) is 0 Å². The lowest BCUT2D eigenvalue weighted by Gasteiger charge is -2.03. The molecule has 3 heteroatoms. The topological polar surface area (TPSA) is 29.1 Å². The Morgan fingerprint density at radius 2 is 2.06 bits per heavy atom. The van der Waals surface area contributed by atoms with Crippen LogP contribution < -0.4 is 5.32 Å². The molecule has 0 saturated heterocycles. The molecule has 0 radical (unpaired) electrons. The van der Waals surface area contributed by atoms with Crippen molar-refractivity contribution in [3.63, 3.8) is 0 Å². The predicted octanol–water partition coefficient (Wildman–Crippen LogP) is 2.99. The molecule has 88 valence electrons. The lowest BCUT2D eigenvalue weighted by Crippen LogP contribution is -2.27. The molecule has 0 aromatic heterocycles. The third-order valence-electron chi connectivity index (χ3n) is 3.70. The Morgan fingerprint density at radius 1 is 1.41 bits per heavy atom. The van der Waals surface area contributed by atoms with Crippen LogP contribution in [0.2, 0.25) is 0 Å². The first kappa shape index (κ1) is 11.0. The number of halogens is 1. The molecule has 1 aromatic rings. The average molecular weight is 292 g/mol. The van der Waals surface area contributed by atoms with Crippen LogP contribution in [0.3, 0.4) is 0 Å². The Labute approximate surface area is 109 Å². The maximum atomic E-state index is 11.7. The molecule has 3 rings (SSSR count). The summed E-state index contributed by atoms with van der Waals surface area (Å²) in [7, 11) is 0. The van der Waals surface area contributed by atoms with Crippen molar-refractivity contribution >= 4 is 27.9 Å². The molecule has 2 fully saturated rings. The smallest absolute Gasteiger partial charge is 0.226 e. The van der Waals surface area contributed by atoms with Gasteiger partial charge in [0.2, 0.25) is 5.91 Å². The van der Waals surface area contributed by atoms with Crippen LogP contribution in [0.4, 0.5) is 0 Å². The fraction of sp³-hybridized carbons (Fsp3) is 0.357. The van der Waals surface area contributed by atoms with E-state index in [1.165, 1.54) is 0 Å². The van der Waals surface area contributed by atoms with Gasteiger partial charge < -0.3 is 5.32 Å². The Balaban J connectivity index is 1.47. The Hall–Kier alpha value is -1.09. The van der Waals surface area contributed by atoms with Crippen molar-refractivity contribution < 1.29 is 4.79 Å². The fourth-order valence-corrected chi connectivity index (χ4v) is 2.43. The van der Waals surface area contributed by atoms with Gasteiger partial charge in [0, 0.05) is 11.0 Å². The lowest BCUT2D eigenvalue weighted by atomic mass is 10.2. The summed E-state index contributed by atoms with van der Waals surface area (Å²) >= 11 is 3.40. The number of carbonyl (C=O) groups excluding carboxylic acids is 1. The summed E-state index contributed by atoms with van der Waals surface area (Å²) < 4.78 is 1.08. The Bertz CT molecular complexity index is 472. The number of nitrogens with one attached hydrogen (secondary N) is 1. The largest absolute Gasteiger partial charge is 0.352 e. The molecule has 1 amide bonds. The number of hydrogen-bond donors (Lipinski definition) is 1. The van der Waals surface area contributed by atoms with Crippen LogP contribution in [0.1, 0.15) is 18.4 Å². The van der Waals surface area contributed by atoms with Crippen molar-refractivity contribution in [2.45, 2.75) is 12.8 Å². The first-order valence-electron chi connectivity index (χ1n) is 5.91. The zero-order valence-corrected chi connectivity index (χ0v) is 11.0. The van der Waals surface area contributed by atoms with Gasteiger partial charge in [0.15, 0.2) is 0 Å². The second kappa shape index (κ2) is 3.98. The van der Waals surface area contributed by atoms with Gasteiger partial charge in [-0.3, -0.25) is 4.79 Å². The molecule has 2 aliphatic rings. The molecule has 0 spiro atoms. The third kappa shape index (κ3) is 2.16. The molecule has 0 unspecified atom stereocenters. The van der Waals surface area contributed by atoms with E-state index in [9.17, 15) is 4.79 Å². The molecular weight excluding hydrogens is 278 g/mol. The number of carbonyl (C=O) groups is 1. The van der Waals surface area contributed by atoms with Crippen LogP contribution in [0.15, 0.2) is 34.8 Å². The van der Waals surface area contributed by atoms with Gasteiger partial charge in [-0.15, -0.1) is 0 Å². The minimum absolute atomic E-state index is 0.0887. The van der Waals surface area contributed by atoms with Crippen LogP contribution in [0.25, 0.3) is 6.08 Å². The second-order valence-corrected chi connectivity index (χ2v) is 5.84. The zero-order valence-electron chi connectivity index (χ0n) is 9.45. The summed E-state index contributed by atoms with van der Waals surface area (Å²) in [6, 6.07) is 8.10. The van der Waals surface area contributed by atoms with Crippen molar-refractivity contribution in [2.75, 3.05) is 6.54 Å². The quantitative estimate of drug-likeness (QED) is 0.908. The van der Waals surface area contributed by atoms with Crippen molar-refractivity contribution in [2.24, 2.45) is 11.3 Å². The van der Waals surface area contributed by atoms with Crippen LogP contribution >= 0.6 is 15.9 Å². The molecule has 0 aliphatic heterocycles. The molecule has 1 N–H and O–H groups in total. The minimum Gasteiger partial charge on any atom is -0.352 e. The van der Waals surface area contributed by atoms with Gasteiger partial charge >= 0.3 is 0 Å². The number of rotatable bonds is 4. The van der Waals surface area contributed by atoms with E-state index in [1.54, 1.807) is 0 Å². The van der Waals surface area contributed by atoms with Crippen LogP contribution in [0, 0.1) is 11.3 Å². The van der Waals surface area contributed by atoms with E-state index in [2.05, 4.69) is 21.2 Å². The third-order valence-corrected chi connectivity index (χ3v) is 4.22. The first-order valence-corrected chi connectivity index (χ1v) is 6.70. The summed E-state index contributed by atoms with van der Waals surface area (Å²) in [5, 5.41) is 2.97. The van der Waals surface area contributed by atoms with Crippen molar-refractivity contribution in [3.05, 3.63) is 40.4 Å². The highest BCUT2D eigenvalue weighted by Crippen LogP contribution is 2.75. The highest BCUT2D eigenvalue weighted by atomic mass is 79.9. The Kier molecular flexibility index (Phi) is 2.58. The van der Waals surface area contributed by atoms with E-state index < -0.39 is 0 Å². The van der Waals surface area contributed by atoms with Crippen molar-refractivity contribution in [1.29, 1.82) is 0 Å². The fourth-order valence-electron chi connectivity index (χ4n) is 2.17. The number of hydrogen-bond acceptors (Lipinski definition) is 1. The first-order chi connectivity index (χ1) is 8.21. The van der Waals surface area contributed by atoms with Gasteiger partial charge in [-0.25, -0.2) is 0 Å². The molecule has 0 bridgehead atoms. The molecular formula is C14H14BrNO. The summed E-state index contributed by atoms with van der Waals surface area (Å²) in [5.74, 6) is 0.973. The van der Waals surface area contributed by atoms with Gasteiger partial charge in [0.05, 0.1) is 5.41 Å². The van der Waals surface area contributed by atoms with Gasteiger partial charge in [-0.05, 0) is 36.5 Å². The second-order valence-electron chi connectivity index (χ2n) is 4.93. The monoisotopic (exact) mass is 291 g/mol. The van der Waals surface area contributed by atoms with Gasteiger partial charge in [-0.2, -0.15) is 0 Å². The lowest BCUT2D eigenvalue weighted by molar-refractivity contribution is -0.124. The molecule has 1 aromatic carbocycles. The van der Waals surface area contributed by atoms with E-state index in [0.717, 1.165) is 28.8 Å². The Morgan fingerprint density at radius 3 is 2.65 bits per heavy atom. The van der Waals surface area contributed by atoms with Gasteiger partial charge in [-0.1, -0.05) is 40.2 Å². The molecule has 0 heterocycles. The summed E-state index contributed by atoms with van der Waals surface area (Å²) in [6.45, 7) is 0.628. The maximum absolute atomic E-state index is 11.7. The molecule has 2 saturated carbocycles.